The maximum absolute atomic E-state index is 12.5. The Morgan fingerprint density at radius 1 is 1.20 bits per heavy atom. The number of ether oxygens (including phenoxy) is 1. The first kappa shape index (κ1) is 16.6. The van der Waals surface area contributed by atoms with Crippen LogP contribution < -0.4 is 10.1 Å². The second-order valence-electron chi connectivity index (χ2n) is 5.80. The van der Waals surface area contributed by atoms with Gasteiger partial charge in [-0.3, -0.25) is 4.79 Å². The molecule has 2 aromatic carbocycles. The lowest BCUT2D eigenvalue weighted by molar-refractivity contribution is -0.122. The summed E-state index contributed by atoms with van der Waals surface area (Å²) in [6, 6.07) is 13.2. The Morgan fingerprint density at radius 3 is 2.76 bits per heavy atom. The molecule has 128 valence electrons. The Morgan fingerprint density at radius 2 is 2.00 bits per heavy atom. The molecule has 0 aliphatic heterocycles. The molecule has 0 saturated carbocycles. The number of nitrogens with zero attached hydrogens (tertiary/aromatic N) is 3. The Hall–Kier alpha value is -3.22. The molecule has 2 N–H and O–H groups in total. The van der Waals surface area contributed by atoms with Gasteiger partial charge >= 0.3 is 0 Å². The first-order valence-corrected chi connectivity index (χ1v) is 7.92. The van der Waals surface area contributed by atoms with Crippen molar-refractivity contribution < 1.29 is 9.53 Å². The van der Waals surface area contributed by atoms with Gasteiger partial charge in [-0.2, -0.15) is 5.21 Å². The van der Waals surface area contributed by atoms with Gasteiger partial charge < -0.3 is 10.1 Å². The van der Waals surface area contributed by atoms with Crippen LogP contribution in [0.1, 0.15) is 18.1 Å². The summed E-state index contributed by atoms with van der Waals surface area (Å²) in [6.45, 7) is 5.65. The molecule has 7 heteroatoms. The normalized spacial score (nSPS) is 11.8. The molecule has 0 fully saturated rings. The average molecular weight is 337 g/mol. The van der Waals surface area contributed by atoms with Crippen LogP contribution in [-0.4, -0.2) is 32.6 Å². The molecule has 0 bridgehead atoms. The number of para-hydroxylation sites is 1. The molecule has 7 nitrogen and oxygen atoms in total. The number of benzene rings is 2. The SMILES string of the molecule is Cc1ccc(C)c(O[C@@H](C)C(=O)Nc2ccccc2-c2nn[nH]n2)c1. The van der Waals surface area contributed by atoms with Crippen LogP contribution in [-0.2, 0) is 4.79 Å². The minimum atomic E-state index is -0.654. The van der Waals surface area contributed by atoms with Gasteiger partial charge in [0.1, 0.15) is 5.75 Å². The molecule has 0 radical (unpaired) electrons. The van der Waals surface area contributed by atoms with Gasteiger partial charge in [-0.15, -0.1) is 10.2 Å². The van der Waals surface area contributed by atoms with E-state index in [-0.39, 0.29) is 5.91 Å². The smallest absolute Gasteiger partial charge is 0.265 e. The zero-order chi connectivity index (χ0) is 17.8. The quantitative estimate of drug-likeness (QED) is 0.747. The number of tetrazole rings is 1. The van der Waals surface area contributed by atoms with Crippen molar-refractivity contribution in [3.8, 4) is 17.1 Å². The number of aromatic nitrogens is 4. The van der Waals surface area contributed by atoms with E-state index in [1.165, 1.54) is 0 Å². The van der Waals surface area contributed by atoms with Crippen LogP contribution in [0.2, 0.25) is 0 Å². The minimum Gasteiger partial charge on any atom is -0.481 e. The molecule has 3 aromatic rings. The number of nitrogens with one attached hydrogen (secondary N) is 2. The van der Waals surface area contributed by atoms with E-state index in [1.54, 1.807) is 13.0 Å². The molecule has 1 atom stereocenters. The van der Waals surface area contributed by atoms with Crippen LogP contribution in [0.4, 0.5) is 5.69 Å². The van der Waals surface area contributed by atoms with Crippen LogP contribution >= 0.6 is 0 Å². The highest BCUT2D eigenvalue weighted by Crippen LogP contribution is 2.25. The highest BCUT2D eigenvalue weighted by atomic mass is 16.5. The summed E-state index contributed by atoms with van der Waals surface area (Å²) in [4.78, 5) is 12.5. The third kappa shape index (κ3) is 3.82. The van der Waals surface area contributed by atoms with E-state index in [9.17, 15) is 4.79 Å². The first-order chi connectivity index (χ1) is 12.0. The third-order valence-corrected chi connectivity index (χ3v) is 3.79. The van der Waals surface area contributed by atoms with Crippen molar-refractivity contribution in [3.63, 3.8) is 0 Å². The predicted molar refractivity (Wildman–Crippen MR) is 94.2 cm³/mol. The van der Waals surface area contributed by atoms with Gasteiger partial charge in [-0.1, -0.05) is 24.3 Å². The van der Waals surface area contributed by atoms with Crippen molar-refractivity contribution >= 4 is 11.6 Å². The topological polar surface area (TPSA) is 92.8 Å². The van der Waals surface area contributed by atoms with Crippen LogP contribution in [0.3, 0.4) is 0 Å². The molecule has 3 rings (SSSR count). The molecule has 0 aliphatic carbocycles. The number of hydrogen-bond acceptors (Lipinski definition) is 5. The number of anilines is 1. The fraction of sp³-hybridized carbons (Fsp3) is 0.222. The summed E-state index contributed by atoms with van der Waals surface area (Å²) in [5, 5.41) is 16.7. The molecule has 25 heavy (non-hydrogen) atoms. The fourth-order valence-corrected chi connectivity index (χ4v) is 2.38. The number of aromatic amines is 1. The van der Waals surface area contributed by atoms with Gasteiger partial charge in [0.25, 0.3) is 5.91 Å². The van der Waals surface area contributed by atoms with E-state index in [2.05, 4.69) is 25.9 Å². The molecular formula is C18H19N5O2. The average Bonchev–Trinajstić information content (AvgIpc) is 3.13. The molecule has 0 saturated heterocycles. The van der Waals surface area contributed by atoms with Crippen molar-refractivity contribution in [2.45, 2.75) is 26.9 Å². The van der Waals surface area contributed by atoms with E-state index in [0.29, 0.717) is 22.8 Å². The Balaban J connectivity index is 1.75. The standard InChI is InChI=1S/C18H19N5O2/c1-11-8-9-12(2)16(10-11)25-13(3)18(24)19-15-7-5-4-6-14(15)17-20-22-23-21-17/h4-10,13H,1-3H3,(H,19,24)(H,20,21,22,23)/t13-/m0/s1. The van der Waals surface area contributed by atoms with Crippen molar-refractivity contribution in [3.05, 3.63) is 53.6 Å². The Labute approximate surface area is 145 Å². The second kappa shape index (κ2) is 7.12. The Kier molecular flexibility index (Phi) is 4.74. The molecule has 0 spiro atoms. The van der Waals surface area contributed by atoms with Crippen LogP contribution in [0.5, 0.6) is 5.75 Å². The zero-order valence-corrected chi connectivity index (χ0v) is 14.3. The lowest BCUT2D eigenvalue weighted by atomic mass is 10.1. The van der Waals surface area contributed by atoms with Crippen LogP contribution in [0, 0.1) is 13.8 Å². The van der Waals surface area contributed by atoms with Gasteiger partial charge in [0, 0.05) is 5.56 Å². The van der Waals surface area contributed by atoms with E-state index in [4.69, 9.17) is 4.74 Å². The van der Waals surface area contributed by atoms with E-state index >= 15 is 0 Å². The van der Waals surface area contributed by atoms with Crippen molar-refractivity contribution in [1.29, 1.82) is 0 Å². The van der Waals surface area contributed by atoms with E-state index in [1.807, 2.05) is 50.2 Å². The summed E-state index contributed by atoms with van der Waals surface area (Å²) >= 11 is 0. The molecule has 1 aromatic heterocycles. The third-order valence-electron chi connectivity index (χ3n) is 3.79. The van der Waals surface area contributed by atoms with Crippen molar-refractivity contribution in [1.82, 2.24) is 20.6 Å². The van der Waals surface area contributed by atoms with Crippen molar-refractivity contribution in [2.75, 3.05) is 5.32 Å². The number of aryl methyl sites for hydroxylation is 2. The van der Waals surface area contributed by atoms with Gasteiger partial charge in [0.2, 0.25) is 5.82 Å². The van der Waals surface area contributed by atoms with Crippen LogP contribution in [0.25, 0.3) is 11.4 Å². The second-order valence-corrected chi connectivity index (χ2v) is 5.80. The van der Waals surface area contributed by atoms with E-state index in [0.717, 1.165) is 11.1 Å². The number of hydrogen-bond donors (Lipinski definition) is 2. The fourth-order valence-electron chi connectivity index (χ4n) is 2.38. The van der Waals surface area contributed by atoms with Gasteiger partial charge in [-0.05, 0) is 55.3 Å². The van der Waals surface area contributed by atoms with Crippen LogP contribution in [0.15, 0.2) is 42.5 Å². The summed E-state index contributed by atoms with van der Waals surface area (Å²) < 4.78 is 5.83. The number of carbonyl (C=O) groups excluding carboxylic acids is 1. The number of amides is 1. The highest BCUT2D eigenvalue weighted by molar-refractivity contribution is 5.97. The number of H-pyrrole nitrogens is 1. The Bertz CT molecular complexity index is 877. The highest BCUT2D eigenvalue weighted by Gasteiger charge is 2.18. The number of carbonyl (C=O) groups is 1. The largest absolute Gasteiger partial charge is 0.481 e. The maximum Gasteiger partial charge on any atom is 0.265 e. The van der Waals surface area contributed by atoms with Gasteiger partial charge in [-0.25, -0.2) is 0 Å². The lowest BCUT2D eigenvalue weighted by Crippen LogP contribution is -2.30. The van der Waals surface area contributed by atoms with Gasteiger partial charge in [0.15, 0.2) is 6.10 Å². The maximum atomic E-state index is 12.5. The lowest BCUT2D eigenvalue weighted by Gasteiger charge is -2.17. The zero-order valence-electron chi connectivity index (χ0n) is 14.3. The van der Waals surface area contributed by atoms with Crippen molar-refractivity contribution in [2.24, 2.45) is 0 Å². The van der Waals surface area contributed by atoms with E-state index < -0.39 is 6.10 Å². The molecule has 1 heterocycles. The monoisotopic (exact) mass is 337 g/mol. The minimum absolute atomic E-state index is 0.253. The summed E-state index contributed by atoms with van der Waals surface area (Å²) in [7, 11) is 0. The first-order valence-electron chi connectivity index (χ1n) is 7.92. The molecule has 0 aliphatic rings. The summed E-state index contributed by atoms with van der Waals surface area (Å²) in [6.07, 6.45) is -0.654. The molecule has 1 amide bonds. The summed E-state index contributed by atoms with van der Waals surface area (Å²) in [5.74, 6) is 0.866. The molecule has 0 unspecified atom stereocenters. The molecular weight excluding hydrogens is 318 g/mol. The summed E-state index contributed by atoms with van der Waals surface area (Å²) in [5.41, 5.74) is 3.35. The van der Waals surface area contributed by atoms with Gasteiger partial charge in [0.05, 0.1) is 5.69 Å². The predicted octanol–water partition coefficient (Wildman–Crippen LogP) is 2.89. The number of rotatable bonds is 5.